The van der Waals surface area contributed by atoms with E-state index in [0.29, 0.717) is 25.8 Å². The number of hydrogen-bond donors (Lipinski definition) is 4. The molecule has 4 amide bonds. The van der Waals surface area contributed by atoms with E-state index in [1.807, 2.05) is 0 Å². The molecule has 21 heavy (non-hydrogen) atoms. The van der Waals surface area contributed by atoms with Gasteiger partial charge in [-0.15, -0.1) is 0 Å². The predicted molar refractivity (Wildman–Crippen MR) is 77.4 cm³/mol. The lowest BCUT2D eigenvalue weighted by Crippen LogP contribution is -2.45. The largest absolute Gasteiger partial charge is 0.368 e. The second-order valence-electron chi connectivity index (χ2n) is 4.54. The average Bonchev–Trinajstić information content (AvgIpc) is 2.35. The minimum absolute atomic E-state index is 0.0760. The monoisotopic (exact) mass is 296 g/mol. The standard InChI is InChI=1S/C12H21BN4O4/c1-8(18)15-7-5-10(19)17-9(11(14)20)4-2-3-6-16-12(13)21/h9H,2-7H2,1H3,(H2,14,20)(H,15,18)(H,16,21)(H,17,19). The van der Waals surface area contributed by atoms with Crippen LogP contribution in [0.3, 0.4) is 0 Å². The highest BCUT2D eigenvalue weighted by molar-refractivity contribution is 6.57. The van der Waals surface area contributed by atoms with E-state index in [1.54, 1.807) is 0 Å². The van der Waals surface area contributed by atoms with Gasteiger partial charge in [-0.1, -0.05) is 0 Å². The van der Waals surface area contributed by atoms with Gasteiger partial charge in [-0.25, -0.2) is 0 Å². The summed E-state index contributed by atoms with van der Waals surface area (Å²) in [6.07, 6.45) is 1.67. The Kier molecular flexibility index (Phi) is 9.65. The first-order chi connectivity index (χ1) is 9.82. The molecule has 9 heteroatoms. The highest BCUT2D eigenvalue weighted by Gasteiger charge is 2.17. The lowest BCUT2D eigenvalue weighted by atomic mass is 10.1. The Morgan fingerprint density at radius 2 is 1.76 bits per heavy atom. The first-order valence-electron chi connectivity index (χ1n) is 6.69. The Bertz CT molecular complexity index is 389. The first-order valence-corrected chi connectivity index (χ1v) is 6.69. The number of hydrogen-bond acceptors (Lipinski definition) is 4. The summed E-state index contributed by atoms with van der Waals surface area (Å²) in [7, 11) is 4.91. The Balaban J connectivity index is 3.95. The van der Waals surface area contributed by atoms with Crippen LogP contribution in [-0.4, -0.2) is 50.5 Å². The third kappa shape index (κ3) is 11.5. The van der Waals surface area contributed by atoms with E-state index in [0.717, 1.165) is 0 Å². The van der Waals surface area contributed by atoms with E-state index in [1.165, 1.54) is 6.92 Å². The highest BCUT2D eigenvalue weighted by atomic mass is 16.2. The molecule has 0 fully saturated rings. The Morgan fingerprint density at radius 3 is 2.29 bits per heavy atom. The summed E-state index contributed by atoms with van der Waals surface area (Å²) in [5.41, 5.74) is 5.21. The summed E-state index contributed by atoms with van der Waals surface area (Å²) >= 11 is 0. The molecule has 8 nitrogen and oxygen atoms in total. The van der Waals surface area contributed by atoms with Gasteiger partial charge in [0.05, 0.1) is 0 Å². The molecular formula is C12H21BN4O4. The van der Waals surface area contributed by atoms with Crippen molar-refractivity contribution >= 4 is 31.4 Å². The highest BCUT2D eigenvalue weighted by Crippen LogP contribution is 2.01. The molecule has 0 aliphatic heterocycles. The summed E-state index contributed by atoms with van der Waals surface area (Å²) in [4.78, 5) is 43.9. The van der Waals surface area contributed by atoms with Crippen LogP contribution in [0.1, 0.15) is 32.6 Å². The maximum Gasteiger partial charge on any atom is 0.239 e. The van der Waals surface area contributed by atoms with E-state index in [9.17, 15) is 19.2 Å². The SMILES string of the molecule is [B]C(=O)NCCCCC(NC(=O)CCNC(C)=O)C(N)=O. The van der Waals surface area contributed by atoms with Gasteiger partial charge in [0.25, 0.3) is 0 Å². The van der Waals surface area contributed by atoms with Crippen molar-refractivity contribution in [3.05, 3.63) is 0 Å². The molecule has 0 aliphatic carbocycles. The second-order valence-corrected chi connectivity index (χ2v) is 4.54. The number of primary amides is 1. The summed E-state index contributed by atoms with van der Waals surface area (Å²) in [6, 6.07) is -0.761. The molecule has 0 rings (SSSR count). The average molecular weight is 296 g/mol. The van der Waals surface area contributed by atoms with Gasteiger partial charge < -0.3 is 21.7 Å². The molecule has 0 spiro atoms. The molecule has 5 N–H and O–H groups in total. The third-order valence-electron chi connectivity index (χ3n) is 2.62. The van der Waals surface area contributed by atoms with Crippen molar-refractivity contribution in [1.29, 1.82) is 0 Å². The topological polar surface area (TPSA) is 130 Å². The van der Waals surface area contributed by atoms with Crippen LogP contribution >= 0.6 is 0 Å². The molecule has 1 unspecified atom stereocenters. The molecule has 0 bridgehead atoms. The Hall–Kier alpha value is -2.06. The summed E-state index contributed by atoms with van der Waals surface area (Å²) in [6.45, 7) is 1.96. The molecule has 0 saturated heterocycles. The third-order valence-corrected chi connectivity index (χ3v) is 2.62. The minimum Gasteiger partial charge on any atom is -0.368 e. The lowest BCUT2D eigenvalue weighted by molar-refractivity contribution is -0.127. The van der Waals surface area contributed by atoms with Gasteiger partial charge in [0.2, 0.25) is 17.7 Å². The Morgan fingerprint density at radius 1 is 1.10 bits per heavy atom. The molecule has 0 heterocycles. The fraction of sp³-hybridized carbons (Fsp3) is 0.667. The van der Waals surface area contributed by atoms with E-state index in [2.05, 4.69) is 16.0 Å². The zero-order valence-corrected chi connectivity index (χ0v) is 12.1. The van der Waals surface area contributed by atoms with Crippen LogP contribution in [-0.2, 0) is 14.4 Å². The fourth-order valence-electron chi connectivity index (χ4n) is 1.59. The normalized spacial score (nSPS) is 11.3. The smallest absolute Gasteiger partial charge is 0.239 e. The molecule has 0 aromatic heterocycles. The van der Waals surface area contributed by atoms with Crippen molar-refractivity contribution in [3.8, 4) is 0 Å². The van der Waals surface area contributed by atoms with Gasteiger partial charge in [-0.2, -0.15) is 0 Å². The number of carbonyl (C=O) groups excluding carboxylic acids is 4. The van der Waals surface area contributed by atoms with Crippen molar-refractivity contribution in [3.63, 3.8) is 0 Å². The fourth-order valence-corrected chi connectivity index (χ4v) is 1.59. The van der Waals surface area contributed by atoms with Crippen LogP contribution in [0.25, 0.3) is 0 Å². The number of nitrogens with one attached hydrogen (secondary N) is 3. The second kappa shape index (κ2) is 10.7. The van der Waals surface area contributed by atoms with E-state index in [-0.39, 0.29) is 24.8 Å². The van der Waals surface area contributed by atoms with Crippen LogP contribution in [0.2, 0.25) is 0 Å². The van der Waals surface area contributed by atoms with Gasteiger partial charge in [-0.3, -0.25) is 19.2 Å². The molecule has 0 aliphatic rings. The van der Waals surface area contributed by atoms with E-state index < -0.39 is 17.8 Å². The number of carbonyl (C=O) groups is 4. The molecule has 0 saturated carbocycles. The van der Waals surface area contributed by atoms with Crippen molar-refractivity contribution in [2.24, 2.45) is 5.73 Å². The van der Waals surface area contributed by atoms with Gasteiger partial charge in [0.15, 0.2) is 13.7 Å². The van der Waals surface area contributed by atoms with Crippen LogP contribution in [0.5, 0.6) is 0 Å². The molecule has 0 aromatic rings. The predicted octanol–water partition coefficient (Wildman–Crippen LogP) is -1.47. The molecule has 2 radical (unpaired) electrons. The van der Waals surface area contributed by atoms with Crippen molar-refractivity contribution < 1.29 is 19.2 Å². The number of unbranched alkanes of at least 4 members (excludes halogenated alkanes) is 1. The summed E-state index contributed by atoms with van der Waals surface area (Å²) < 4.78 is 0. The quantitative estimate of drug-likeness (QED) is 0.289. The number of rotatable bonds is 10. The van der Waals surface area contributed by atoms with Crippen molar-refractivity contribution in [1.82, 2.24) is 16.0 Å². The number of amides is 4. The van der Waals surface area contributed by atoms with Crippen LogP contribution in [0.4, 0.5) is 4.79 Å². The molecule has 116 valence electrons. The van der Waals surface area contributed by atoms with Crippen molar-refractivity contribution in [2.75, 3.05) is 13.1 Å². The van der Waals surface area contributed by atoms with Gasteiger partial charge >= 0.3 is 0 Å². The van der Waals surface area contributed by atoms with E-state index in [4.69, 9.17) is 13.6 Å². The van der Waals surface area contributed by atoms with E-state index >= 15 is 0 Å². The zero-order valence-electron chi connectivity index (χ0n) is 12.1. The maximum atomic E-state index is 11.6. The lowest BCUT2D eigenvalue weighted by Gasteiger charge is -2.15. The first kappa shape index (κ1) is 18.9. The van der Waals surface area contributed by atoms with Gasteiger partial charge in [0, 0.05) is 26.4 Å². The summed E-state index contributed by atoms with van der Waals surface area (Å²) in [5.74, 6) is -1.81. The van der Waals surface area contributed by atoms with Gasteiger partial charge in [-0.05, 0) is 19.3 Å². The van der Waals surface area contributed by atoms with Crippen LogP contribution in [0.15, 0.2) is 0 Å². The van der Waals surface area contributed by atoms with Crippen LogP contribution < -0.4 is 21.7 Å². The molecular weight excluding hydrogens is 275 g/mol. The van der Waals surface area contributed by atoms with Crippen molar-refractivity contribution in [2.45, 2.75) is 38.6 Å². The zero-order chi connectivity index (χ0) is 16.3. The summed E-state index contributed by atoms with van der Waals surface area (Å²) in [5, 5.41) is 7.42. The van der Waals surface area contributed by atoms with Crippen LogP contribution in [0, 0.1) is 0 Å². The molecule has 0 aromatic carbocycles. The van der Waals surface area contributed by atoms with Gasteiger partial charge in [0.1, 0.15) is 6.04 Å². The maximum absolute atomic E-state index is 11.6. The molecule has 1 atom stereocenters. The Labute approximate surface area is 125 Å². The minimum atomic E-state index is -0.761. The number of nitrogens with two attached hydrogens (primary N) is 1.